The minimum atomic E-state index is -3.99. The molecule has 1 N–H and O–H groups in total. The summed E-state index contributed by atoms with van der Waals surface area (Å²) in [4.78, 5) is 16.9. The van der Waals surface area contributed by atoms with E-state index >= 15 is 0 Å². The predicted molar refractivity (Wildman–Crippen MR) is 133 cm³/mol. The van der Waals surface area contributed by atoms with E-state index in [1.807, 2.05) is 37.3 Å². The highest BCUT2D eigenvalue weighted by atomic mass is 32.2. The summed E-state index contributed by atoms with van der Waals surface area (Å²) < 4.78 is 41.9. The fourth-order valence-corrected chi connectivity index (χ4v) is 4.74. The van der Waals surface area contributed by atoms with Gasteiger partial charge in [0.15, 0.2) is 11.5 Å². The summed E-state index contributed by atoms with van der Waals surface area (Å²) in [5, 5.41) is 7.52. The third kappa shape index (κ3) is 4.82. The average Bonchev–Trinajstić information content (AvgIpc) is 3.30. The number of nitrogens with zero attached hydrogens (tertiary/aromatic N) is 7. The summed E-state index contributed by atoms with van der Waals surface area (Å²) in [6.45, 7) is 5.21. The Morgan fingerprint density at radius 1 is 0.917 bits per heavy atom. The monoisotopic (exact) mass is 510 g/mol. The van der Waals surface area contributed by atoms with Gasteiger partial charge in [0, 0.05) is 23.9 Å². The van der Waals surface area contributed by atoms with Gasteiger partial charge in [-0.2, -0.15) is 9.97 Å². The number of aromatic nitrogens is 7. The van der Waals surface area contributed by atoms with Crippen molar-refractivity contribution in [2.45, 2.75) is 31.9 Å². The second-order valence-electron chi connectivity index (χ2n) is 8.05. The third-order valence-electron chi connectivity index (χ3n) is 5.70. The largest absolute Gasteiger partial charge is 0.479 e. The maximum absolute atomic E-state index is 13.5. The molecule has 3 aromatic heterocycles. The molecular weight excluding hydrogens is 484 g/mol. The molecule has 13 heteroatoms. The number of hydrogen-bond acceptors (Lipinski definition) is 10. The Morgan fingerprint density at radius 2 is 1.53 bits per heavy atom. The third-order valence-corrected chi connectivity index (χ3v) is 7.55. The van der Waals surface area contributed by atoms with E-state index in [0.29, 0.717) is 17.2 Å². The first kappa shape index (κ1) is 25.0. The van der Waals surface area contributed by atoms with E-state index in [2.05, 4.69) is 34.9 Å². The molecule has 0 saturated heterocycles. The number of benzene rings is 1. The minimum absolute atomic E-state index is 0.0795. The Morgan fingerprint density at radius 3 is 2.11 bits per heavy atom. The Labute approximate surface area is 208 Å². The van der Waals surface area contributed by atoms with Gasteiger partial charge in [-0.05, 0) is 19.4 Å². The highest BCUT2D eigenvalue weighted by Gasteiger charge is 2.32. The average molecular weight is 511 g/mol. The van der Waals surface area contributed by atoms with E-state index in [-0.39, 0.29) is 23.4 Å². The summed E-state index contributed by atoms with van der Waals surface area (Å²) in [6, 6.07) is 9.16. The van der Waals surface area contributed by atoms with Crippen LogP contribution in [-0.4, -0.2) is 62.6 Å². The first-order chi connectivity index (χ1) is 17.3. The molecule has 188 valence electrons. The molecule has 0 aliphatic rings. The Balaban J connectivity index is 1.81. The molecule has 12 nitrogen and oxygen atoms in total. The molecule has 0 saturated carbocycles. The van der Waals surface area contributed by atoms with Crippen LogP contribution in [0.4, 0.5) is 5.95 Å². The lowest BCUT2D eigenvalue weighted by molar-refractivity contribution is 0.368. The molecule has 0 aliphatic carbocycles. The van der Waals surface area contributed by atoms with Crippen molar-refractivity contribution < 1.29 is 17.9 Å². The molecule has 1 aromatic carbocycles. The summed E-state index contributed by atoms with van der Waals surface area (Å²) in [6.07, 6.45) is 4.59. The van der Waals surface area contributed by atoms with E-state index < -0.39 is 21.2 Å². The molecule has 0 amide bonds. The van der Waals surface area contributed by atoms with Crippen molar-refractivity contribution >= 4 is 16.0 Å². The first-order valence-electron chi connectivity index (χ1n) is 11.0. The first-order valence-corrected chi connectivity index (χ1v) is 12.6. The molecule has 0 fully saturated rings. The molecular formula is C23H26N8O4S. The molecule has 4 rings (SSSR count). The molecule has 0 aliphatic heterocycles. The zero-order chi connectivity index (χ0) is 25.9. The van der Waals surface area contributed by atoms with Crippen LogP contribution in [0.3, 0.4) is 0 Å². The van der Waals surface area contributed by atoms with Gasteiger partial charge in [-0.25, -0.2) is 18.4 Å². The maximum atomic E-state index is 13.5. The summed E-state index contributed by atoms with van der Waals surface area (Å²) >= 11 is 0. The SMILES string of the molecule is COc1ncnc(OC)c1-n1c(NS(=O)(=O)[C@@H](C)[C@H](C)c2ncc(C)cn2)nnc1-c1ccccc1. The van der Waals surface area contributed by atoms with Crippen molar-refractivity contribution in [2.75, 3.05) is 18.9 Å². The number of hydrogen-bond donors (Lipinski definition) is 1. The molecule has 0 spiro atoms. The van der Waals surface area contributed by atoms with Crippen LogP contribution in [-0.2, 0) is 10.0 Å². The number of methoxy groups -OCH3 is 2. The van der Waals surface area contributed by atoms with Gasteiger partial charge in [0.1, 0.15) is 12.2 Å². The van der Waals surface area contributed by atoms with Gasteiger partial charge in [0.05, 0.1) is 19.5 Å². The fourth-order valence-electron chi connectivity index (χ4n) is 3.51. The van der Waals surface area contributed by atoms with Gasteiger partial charge >= 0.3 is 0 Å². The maximum Gasteiger partial charge on any atom is 0.245 e. The quantitative estimate of drug-likeness (QED) is 0.356. The van der Waals surface area contributed by atoms with Crippen LogP contribution >= 0.6 is 0 Å². The van der Waals surface area contributed by atoms with Crippen LogP contribution in [0, 0.1) is 6.92 Å². The van der Waals surface area contributed by atoms with E-state index in [1.165, 1.54) is 25.1 Å². The second-order valence-corrected chi connectivity index (χ2v) is 10.1. The van der Waals surface area contributed by atoms with E-state index in [9.17, 15) is 8.42 Å². The number of rotatable bonds is 9. The van der Waals surface area contributed by atoms with Crippen LogP contribution in [0.25, 0.3) is 17.1 Å². The number of nitrogens with one attached hydrogen (secondary N) is 1. The zero-order valence-corrected chi connectivity index (χ0v) is 21.3. The number of aryl methyl sites for hydroxylation is 1. The van der Waals surface area contributed by atoms with Crippen LogP contribution in [0.1, 0.15) is 31.2 Å². The number of ether oxygens (including phenoxy) is 2. The standard InChI is InChI=1S/C23H26N8O4S/c1-14-11-24-19(25-12-14)15(2)16(3)36(32,33)30-23-29-28-20(17-9-7-6-8-10-17)31(23)18-21(34-4)26-13-27-22(18)35-5/h6-13,15-16H,1-5H3,(H,29,30)/t15-,16-/m0/s1. The molecule has 2 atom stereocenters. The number of anilines is 1. The second kappa shape index (κ2) is 10.2. The smallest absolute Gasteiger partial charge is 0.245 e. The lowest BCUT2D eigenvalue weighted by Gasteiger charge is -2.21. The molecule has 36 heavy (non-hydrogen) atoms. The van der Waals surface area contributed by atoms with Crippen molar-refractivity contribution in [2.24, 2.45) is 0 Å². The van der Waals surface area contributed by atoms with E-state index in [0.717, 1.165) is 5.56 Å². The normalized spacial score (nSPS) is 13.1. The highest BCUT2D eigenvalue weighted by molar-refractivity contribution is 7.93. The van der Waals surface area contributed by atoms with Gasteiger partial charge in [-0.3, -0.25) is 9.29 Å². The Bertz CT molecular complexity index is 1420. The molecule has 3 heterocycles. The van der Waals surface area contributed by atoms with Gasteiger partial charge in [-0.15, -0.1) is 10.2 Å². The minimum Gasteiger partial charge on any atom is -0.479 e. The van der Waals surface area contributed by atoms with Crippen molar-refractivity contribution in [1.29, 1.82) is 0 Å². The topological polar surface area (TPSA) is 147 Å². The molecule has 4 aromatic rings. The van der Waals surface area contributed by atoms with Crippen molar-refractivity contribution in [3.63, 3.8) is 0 Å². The summed E-state index contributed by atoms with van der Waals surface area (Å²) in [5.74, 6) is 0.468. The Hall–Kier alpha value is -4.13. The lowest BCUT2D eigenvalue weighted by Crippen LogP contribution is -2.31. The molecule has 0 bridgehead atoms. The van der Waals surface area contributed by atoms with Gasteiger partial charge in [0.2, 0.25) is 27.7 Å². The van der Waals surface area contributed by atoms with Gasteiger partial charge < -0.3 is 9.47 Å². The van der Waals surface area contributed by atoms with Crippen LogP contribution < -0.4 is 14.2 Å². The van der Waals surface area contributed by atoms with Crippen LogP contribution in [0.15, 0.2) is 49.1 Å². The summed E-state index contributed by atoms with van der Waals surface area (Å²) in [5.41, 5.74) is 1.80. The van der Waals surface area contributed by atoms with Crippen LogP contribution in [0.2, 0.25) is 0 Å². The van der Waals surface area contributed by atoms with Crippen molar-refractivity contribution in [3.8, 4) is 28.8 Å². The molecule has 0 radical (unpaired) electrons. The predicted octanol–water partition coefficient (Wildman–Crippen LogP) is 2.77. The van der Waals surface area contributed by atoms with E-state index in [1.54, 1.807) is 26.2 Å². The van der Waals surface area contributed by atoms with Gasteiger partial charge in [-0.1, -0.05) is 37.3 Å². The van der Waals surface area contributed by atoms with E-state index in [4.69, 9.17) is 9.47 Å². The Kier molecular flexibility index (Phi) is 7.10. The number of sulfonamides is 1. The zero-order valence-electron chi connectivity index (χ0n) is 20.4. The van der Waals surface area contributed by atoms with Crippen molar-refractivity contribution in [3.05, 3.63) is 60.4 Å². The van der Waals surface area contributed by atoms with Crippen LogP contribution in [0.5, 0.6) is 11.8 Å². The lowest BCUT2D eigenvalue weighted by atomic mass is 10.1. The highest BCUT2D eigenvalue weighted by Crippen LogP contribution is 2.35. The van der Waals surface area contributed by atoms with Crippen molar-refractivity contribution in [1.82, 2.24) is 34.7 Å². The molecule has 0 unspecified atom stereocenters. The summed E-state index contributed by atoms with van der Waals surface area (Å²) in [7, 11) is -1.11. The van der Waals surface area contributed by atoms with Gasteiger partial charge in [0.25, 0.3) is 0 Å². The fraction of sp³-hybridized carbons (Fsp3) is 0.304.